The highest BCUT2D eigenvalue weighted by molar-refractivity contribution is 5.89. The molecule has 0 unspecified atom stereocenters. The number of allylic oxidation sites excluding steroid dienone is 1. The Kier molecular flexibility index (Phi) is 6.72. The van der Waals surface area contributed by atoms with E-state index in [1.807, 2.05) is 6.07 Å². The van der Waals surface area contributed by atoms with Crippen LogP contribution in [0, 0.1) is 0 Å². The van der Waals surface area contributed by atoms with Gasteiger partial charge in [-0.25, -0.2) is 9.59 Å². The largest absolute Gasteiger partial charge is 0.466 e. The quantitative estimate of drug-likeness (QED) is 0.487. The molecular weight excluding hydrogens is 312 g/mol. The van der Waals surface area contributed by atoms with Crippen LogP contribution in [0.4, 0.5) is 0 Å². The van der Waals surface area contributed by atoms with Gasteiger partial charge in [-0.2, -0.15) is 0 Å². The van der Waals surface area contributed by atoms with Gasteiger partial charge >= 0.3 is 11.9 Å². The van der Waals surface area contributed by atoms with E-state index in [0.717, 1.165) is 0 Å². The molecule has 0 fully saturated rings. The van der Waals surface area contributed by atoms with Crippen molar-refractivity contribution in [3.05, 3.63) is 60.2 Å². The van der Waals surface area contributed by atoms with Gasteiger partial charge in [-0.3, -0.25) is 0 Å². The van der Waals surface area contributed by atoms with Gasteiger partial charge in [0.2, 0.25) is 6.29 Å². The van der Waals surface area contributed by atoms with Crippen LogP contribution in [0.2, 0.25) is 0 Å². The van der Waals surface area contributed by atoms with Gasteiger partial charge in [0.15, 0.2) is 0 Å². The molecule has 1 aliphatic heterocycles. The first-order valence-corrected chi connectivity index (χ1v) is 7.62. The number of benzene rings is 1. The van der Waals surface area contributed by atoms with E-state index >= 15 is 0 Å². The molecule has 1 aromatic carbocycles. The van der Waals surface area contributed by atoms with Gasteiger partial charge in [-0.1, -0.05) is 30.4 Å². The van der Waals surface area contributed by atoms with Crippen molar-refractivity contribution < 1.29 is 28.9 Å². The second-order valence-electron chi connectivity index (χ2n) is 5.19. The van der Waals surface area contributed by atoms with Crippen molar-refractivity contribution in [3.8, 4) is 0 Å². The van der Waals surface area contributed by atoms with Crippen LogP contribution in [0.5, 0.6) is 0 Å². The molecule has 0 aliphatic carbocycles. The van der Waals surface area contributed by atoms with Crippen molar-refractivity contribution in [1.29, 1.82) is 0 Å². The zero-order valence-corrected chi connectivity index (χ0v) is 13.3. The Hall–Kier alpha value is -2.44. The second-order valence-corrected chi connectivity index (χ2v) is 5.19. The highest BCUT2D eigenvalue weighted by atomic mass is 16.7. The Morgan fingerprint density at radius 2 is 2.00 bits per heavy atom. The number of rotatable bonds is 6. The molecule has 0 radical (unpaired) electrons. The van der Waals surface area contributed by atoms with E-state index in [-0.39, 0.29) is 0 Å². The summed E-state index contributed by atoms with van der Waals surface area (Å²) < 4.78 is 15.4. The predicted molar refractivity (Wildman–Crippen MR) is 86.1 cm³/mol. The number of aliphatic hydroxyl groups is 1. The summed E-state index contributed by atoms with van der Waals surface area (Å²) in [5, 5.41) is 9.92. The van der Waals surface area contributed by atoms with Gasteiger partial charge in [-0.05, 0) is 31.1 Å². The third-order valence-corrected chi connectivity index (χ3v) is 3.46. The van der Waals surface area contributed by atoms with Crippen LogP contribution in [0.25, 0.3) is 0 Å². The molecular formula is C18H20O6. The molecule has 0 aromatic heterocycles. The smallest absolute Gasteiger partial charge is 0.340 e. The Labute approximate surface area is 140 Å². The molecule has 1 aromatic rings. The summed E-state index contributed by atoms with van der Waals surface area (Å²) >= 11 is 0. The molecule has 0 spiro atoms. The van der Waals surface area contributed by atoms with E-state index in [9.17, 15) is 14.7 Å². The maximum atomic E-state index is 12.0. The molecule has 0 bridgehead atoms. The maximum Gasteiger partial charge on any atom is 0.340 e. The fourth-order valence-corrected chi connectivity index (χ4v) is 2.19. The number of carbonyl (C=O) groups excluding carboxylic acids is 2. The summed E-state index contributed by atoms with van der Waals surface area (Å²) in [6, 6.07) is 8.60. The van der Waals surface area contributed by atoms with Gasteiger partial charge in [0.25, 0.3) is 0 Å². The molecule has 1 heterocycles. The molecule has 0 amide bonds. The number of hydrogen-bond acceptors (Lipinski definition) is 6. The number of esters is 2. The lowest BCUT2D eigenvalue weighted by molar-refractivity contribution is -0.147. The fraction of sp³-hybridized carbons (Fsp3) is 0.333. The molecule has 1 aliphatic rings. The molecule has 0 saturated heterocycles. The molecule has 128 valence electrons. The summed E-state index contributed by atoms with van der Waals surface area (Å²) in [5.41, 5.74) is 0.429. The minimum atomic E-state index is -0.851. The van der Waals surface area contributed by atoms with Crippen LogP contribution in [0.3, 0.4) is 0 Å². The van der Waals surface area contributed by atoms with Crippen LogP contribution in [0.1, 0.15) is 23.2 Å². The third-order valence-electron chi connectivity index (χ3n) is 3.46. The van der Waals surface area contributed by atoms with Crippen molar-refractivity contribution >= 4 is 11.9 Å². The van der Waals surface area contributed by atoms with Crippen LogP contribution in [-0.2, 0) is 19.0 Å². The Morgan fingerprint density at radius 1 is 1.25 bits per heavy atom. The topological polar surface area (TPSA) is 82.1 Å². The second kappa shape index (κ2) is 9.00. The first kappa shape index (κ1) is 17.9. The molecule has 2 rings (SSSR count). The number of hydrogen-bond donors (Lipinski definition) is 1. The lowest BCUT2D eigenvalue weighted by Gasteiger charge is -2.29. The van der Waals surface area contributed by atoms with E-state index in [2.05, 4.69) is 4.74 Å². The maximum absolute atomic E-state index is 12.0. The first-order valence-electron chi connectivity index (χ1n) is 7.62. The van der Waals surface area contributed by atoms with Crippen LogP contribution < -0.4 is 0 Å². The Bertz CT molecular complexity index is 607. The molecule has 6 heteroatoms. The summed E-state index contributed by atoms with van der Waals surface area (Å²) in [6.07, 6.45) is 4.84. The van der Waals surface area contributed by atoms with Crippen LogP contribution in [0.15, 0.2) is 54.6 Å². The van der Waals surface area contributed by atoms with E-state index in [1.54, 1.807) is 36.4 Å². The average molecular weight is 332 g/mol. The van der Waals surface area contributed by atoms with E-state index in [4.69, 9.17) is 9.47 Å². The van der Waals surface area contributed by atoms with Crippen molar-refractivity contribution in [2.75, 3.05) is 7.11 Å². The Morgan fingerprint density at radius 3 is 2.71 bits per heavy atom. The standard InChI is InChI=1S/C18H20O6/c1-22-16(20)10-6-5-9-15-14(19)11-12-17(23-15)24-18(21)13-7-3-2-4-8-13/h2-4,6-8,10-12,14-15,17,19H,5,9H2,1H3/b10-6+/t14-,15+,17+/m1/s1. The van der Waals surface area contributed by atoms with E-state index < -0.39 is 30.4 Å². The number of methoxy groups -OCH3 is 1. The lowest BCUT2D eigenvalue weighted by Crippen LogP contribution is -2.37. The number of aliphatic hydroxyl groups excluding tert-OH is 1. The van der Waals surface area contributed by atoms with Gasteiger partial charge in [0, 0.05) is 6.08 Å². The summed E-state index contributed by atoms with van der Waals surface area (Å²) in [7, 11) is 1.30. The van der Waals surface area contributed by atoms with Crippen molar-refractivity contribution in [3.63, 3.8) is 0 Å². The molecule has 0 saturated carbocycles. The third kappa shape index (κ3) is 5.33. The van der Waals surface area contributed by atoms with Crippen molar-refractivity contribution in [2.45, 2.75) is 31.3 Å². The fourth-order valence-electron chi connectivity index (χ4n) is 2.19. The van der Waals surface area contributed by atoms with Gasteiger partial charge in [0.1, 0.15) is 0 Å². The van der Waals surface area contributed by atoms with Gasteiger partial charge in [0.05, 0.1) is 24.9 Å². The van der Waals surface area contributed by atoms with Gasteiger partial charge in [-0.15, -0.1) is 0 Å². The minimum absolute atomic E-state index is 0.429. The van der Waals surface area contributed by atoms with Crippen LogP contribution >= 0.6 is 0 Å². The molecule has 1 N–H and O–H groups in total. The Balaban J connectivity index is 1.86. The molecule has 6 nitrogen and oxygen atoms in total. The number of ether oxygens (including phenoxy) is 3. The lowest BCUT2D eigenvalue weighted by atomic mass is 10.1. The highest BCUT2D eigenvalue weighted by Crippen LogP contribution is 2.19. The molecule has 3 atom stereocenters. The molecule has 24 heavy (non-hydrogen) atoms. The normalized spacial score (nSPS) is 23.2. The zero-order valence-electron chi connectivity index (χ0n) is 13.3. The predicted octanol–water partition coefficient (Wildman–Crippen LogP) is 1.99. The number of carbonyl (C=O) groups is 2. The van der Waals surface area contributed by atoms with Crippen LogP contribution in [-0.4, -0.2) is 42.7 Å². The van der Waals surface area contributed by atoms with Crippen molar-refractivity contribution in [1.82, 2.24) is 0 Å². The van der Waals surface area contributed by atoms with E-state index in [0.29, 0.717) is 18.4 Å². The first-order chi connectivity index (χ1) is 11.6. The summed E-state index contributed by atoms with van der Waals surface area (Å²) in [4.78, 5) is 23.0. The van der Waals surface area contributed by atoms with Gasteiger partial charge < -0.3 is 19.3 Å². The monoisotopic (exact) mass is 332 g/mol. The summed E-state index contributed by atoms with van der Waals surface area (Å²) in [5.74, 6) is -0.930. The SMILES string of the molecule is COC(=O)/C=C/CC[C@@H]1O[C@@H](OC(=O)c2ccccc2)C=C[C@H]1O. The highest BCUT2D eigenvalue weighted by Gasteiger charge is 2.27. The zero-order chi connectivity index (χ0) is 17.4. The average Bonchev–Trinajstić information content (AvgIpc) is 2.61. The van der Waals surface area contributed by atoms with E-state index in [1.165, 1.54) is 19.3 Å². The summed E-state index contributed by atoms with van der Waals surface area (Å²) in [6.45, 7) is 0. The van der Waals surface area contributed by atoms with Crippen molar-refractivity contribution in [2.24, 2.45) is 0 Å². The minimum Gasteiger partial charge on any atom is -0.466 e.